The predicted molar refractivity (Wildman–Crippen MR) is 83.4 cm³/mol. The van der Waals surface area contributed by atoms with Crippen LogP contribution in [0.1, 0.15) is 31.1 Å². The van der Waals surface area contributed by atoms with Crippen molar-refractivity contribution in [2.45, 2.75) is 26.3 Å². The molecule has 0 aliphatic carbocycles. The van der Waals surface area contributed by atoms with E-state index in [1.807, 2.05) is 34.8 Å². The summed E-state index contributed by atoms with van der Waals surface area (Å²) in [5.74, 6) is 0.109. The first-order chi connectivity index (χ1) is 10.1. The minimum absolute atomic E-state index is 0.109. The van der Waals surface area contributed by atoms with E-state index in [0.717, 1.165) is 30.0 Å². The van der Waals surface area contributed by atoms with E-state index in [1.54, 1.807) is 13.1 Å². The van der Waals surface area contributed by atoms with Gasteiger partial charge in [0.05, 0.1) is 11.7 Å². The second kappa shape index (κ2) is 5.24. The number of carbonyl (C=O) groups is 1. The summed E-state index contributed by atoms with van der Waals surface area (Å²) in [7, 11) is 1.95. The third kappa shape index (κ3) is 2.51. The molecule has 3 rings (SSSR count). The van der Waals surface area contributed by atoms with Crippen molar-refractivity contribution in [3.05, 3.63) is 41.7 Å². The fourth-order valence-corrected chi connectivity index (χ4v) is 2.95. The van der Waals surface area contributed by atoms with Crippen molar-refractivity contribution < 1.29 is 4.79 Å². The number of hydrogen-bond acceptors (Lipinski definition) is 3. The maximum absolute atomic E-state index is 11.6. The molecule has 0 saturated carbocycles. The first-order valence-corrected chi connectivity index (χ1v) is 7.21. The summed E-state index contributed by atoms with van der Waals surface area (Å²) in [4.78, 5) is 13.4. The number of fused-ring (bicyclic) bond motifs is 1. The van der Waals surface area contributed by atoms with Crippen LogP contribution in [0.2, 0.25) is 0 Å². The molecule has 5 nitrogen and oxygen atoms in total. The van der Waals surface area contributed by atoms with E-state index in [1.165, 1.54) is 5.56 Å². The standard InChI is InChI=1S/C16H20N4O/c1-11(15-6-8-17-19(15)3)18-14-4-5-16-13(10-14)7-9-20(16)12(2)21/h4-6,8,10-11,18H,7,9H2,1-3H3. The number of carbonyl (C=O) groups excluding carboxylic acids is 1. The average Bonchev–Trinajstić information content (AvgIpc) is 3.04. The summed E-state index contributed by atoms with van der Waals surface area (Å²) >= 11 is 0. The van der Waals surface area contributed by atoms with Gasteiger partial charge in [0, 0.05) is 38.1 Å². The molecule has 21 heavy (non-hydrogen) atoms. The van der Waals surface area contributed by atoms with Gasteiger partial charge in [-0.25, -0.2) is 0 Å². The Labute approximate surface area is 124 Å². The summed E-state index contributed by atoms with van der Waals surface area (Å²) in [5.41, 5.74) is 4.49. The van der Waals surface area contributed by atoms with Gasteiger partial charge in [-0.15, -0.1) is 0 Å². The first kappa shape index (κ1) is 13.7. The largest absolute Gasteiger partial charge is 0.377 e. The van der Waals surface area contributed by atoms with Crippen molar-refractivity contribution in [3.8, 4) is 0 Å². The molecule has 1 aliphatic heterocycles. The van der Waals surface area contributed by atoms with Crippen LogP contribution in [0.15, 0.2) is 30.5 Å². The summed E-state index contributed by atoms with van der Waals surface area (Å²) in [6.45, 7) is 4.52. The van der Waals surface area contributed by atoms with Gasteiger partial charge >= 0.3 is 0 Å². The molecule has 2 heterocycles. The van der Waals surface area contributed by atoms with Crippen molar-refractivity contribution >= 4 is 17.3 Å². The van der Waals surface area contributed by atoms with Crippen LogP contribution in [-0.4, -0.2) is 22.2 Å². The van der Waals surface area contributed by atoms with Gasteiger partial charge in [-0.05, 0) is 43.2 Å². The molecule has 1 N–H and O–H groups in total. The van der Waals surface area contributed by atoms with E-state index >= 15 is 0 Å². The molecule has 2 aromatic rings. The second-order valence-corrected chi connectivity index (χ2v) is 5.51. The lowest BCUT2D eigenvalue weighted by Crippen LogP contribution is -2.25. The normalized spacial score (nSPS) is 14.9. The highest BCUT2D eigenvalue weighted by Crippen LogP contribution is 2.31. The van der Waals surface area contributed by atoms with Gasteiger partial charge in [-0.1, -0.05) is 0 Å². The second-order valence-electron chi connectivity index (χ2n) is 5.51. The Morgan fingerprint density at radius 3 is 2.86 bits per heavy atom. The maximum Gasteiger partial charge on any atom is 0.223 e. The SMILES string of the molecule is CC(=O)N1CCc2cc(NC(C)c3ccnn3C)ccc21. The Morgan fingerprint density at radius 2 is 2.19 bits per heavy atom. The van der Waals surface area contributed by atoms with Crippen LogP contribution in [-0.2, 0) is 18.3 Å². The predicted octanol–water partition coefficient (Wildman–Crippen LogP) is 2.50. The number of nitrogens with zero attached hydrogens (tertiary/aromatic N) is 3. The molecule has 0 spiro atoms. The number of hydrogen-bond donors (Lipinski definition) is 1. The Bertz CT molecular complexity index is 677. The lowest BCUT2D eigenvalue weighted by Gasteiger charge is -2.18. The number of aromatic nitrogens is 2. The molecular weight excluding hydrogens is 264 g/mol. The minimum Gasteiger partial charge on any atom is -0.377 e. The third-order valence-electron chi connectivity index (χ3n) is 4.04. The zero-order valence-electron chi connectivity index (χ0n) is 12.6. The zero-order valence-corrected chi connectivity index (χ0v) is 12.6. The van der Waals surface area contributed by atoms with Crippen LogP contribution in [0.5, 0.6) is 0 Å². The zero-order chi connectivity index (χ0) is 15.0. The van der Waals surface area contributed by atoms with E-state index < -0.39 is 0 Å². The smallest absolute Gasteiger partial charge is 0.223 e. The van der Waals surface area contributed by atoms with Gasteiger partial charge in [0.25, 0.3) is 0 Å². The highest BCUT2D eigenvalue weighted by molar-refractivity contribution is 5.94. The van der Waals surface area contributed by atoms with Gasteiger partial charge in [-0.3, -0.25) is 9.48 Å². The highest BCUT2D eigenvalue weighted by Gasteiger charge is 2.22. The van der Waals surface area contributed by atoms with E-state index in [2.05, 4.69) is 23.4 Å². The van der Waals surface area contributed by atoms with Crippen LogP contribution >= 0.6 is 0 Å². The number of nitrogens with one attached hydrogen (secondary N) is 1. The van der Waals surface area contributed by atoms with Crippen LogP contribution in [0.4, 0.5) is 11.4 Å². The number of rotatable bonds is 3. The number of anilines is 2. The van der Waals surface area contributed by atoms with Gasteiger partial charge in [-0.2, -0.15) is 5.10 Å². The van der Waals surface area contributed by atoms with Crippen molar-refractivity contribution in [3.63, 3.8) is 0 Å². The Balaban J connectivity index is 1.79. The van der Waals surface area contributed by atoms with E-state index in [0.29, 0.717) is 0 Å². The van der Waals surface area contributed by atoms with Gasteiger partial charge < -0.3 is 10.2 Å². The summed E-state index contributed by atoms with van der Waals surface area (Å²) in [6.07, 6.45) is 2.73. The molecule has 110 valence electrons. The molecule has 1 unspecified atom stereocenters. The van der Waals surface area contributed by atoms with E-state index in [9.17, 15) is 4.79 Å². The molecule has 0 fully saturated rings. The number of aryl methyl sites for hydroxylation is 1. The quantitative estimate of drug-likeness (QED) is 0.942. The Morgan fingerprint density at radius 1 is 1.38 bits per heavy atom. The lowest BCUT2D eigenvalue weighted by atomic mass is 10.1. The molecule has 1 aliphatic rings. The van der Waals surface area contributed by atoms with E-state index in [4.69, 9.17) is 0 Å². The summed E-state index contributed by atoms with van der Waals surface area (Å²) < 4.78 is 1.88. The highest BCUT2D eigenvalue weighted by atomic mass is 16.2. The number of amides is 1. The first-order valence-electron chi connectivity index (χ1n) is 7.21. The Kier molecular flexibility index (Phi) is 3.41. The Hall–Kier alpha value is -2.30. The minimum atomic E-state index is 0.109. The van der Waals surface area contributed by atoms with Crippen molar-refractivity contribution in [2.75, 3.05) is 16.8 Å². The molecule has 1 aromatic heterocycles. The van der Waals surface area contributed by atoms with Crippen LogP contribution in [0.25, 0.3) is 0 Å². The third-order valence-corrected chi connectivity index (χ3v) is 4.04. The van der Waals surface area contributed by atoms with Gasteiger partial charge in [0.1, 0.15) is 0 Å². The van der Waals surface area contributed by atoms with Crippen LogP contribution in [0.3, 0.4) is 0 Å². The fraction of sp³-hybridized carbons (Fsp3) is 0.375. The lowest BCUT2D eigenvalue weighted by molar-refractivity contribution is -0.116. The van der Waals surface area contributed by atoms with Crippen molar-refractivity contribution in [2.24, 2.45) is 7.05 Å². The maximum atomic E-state index is 11.6. The van der Waals surface area contributed by atoms with Gasteiger partial charge in [0.15, 0.2) is 0 Å². The molecule has 5 heteroatoms. The molecule has 1 amide bonds. The average molecular weight is 284 g/mol. The number of benzene rings is 1. The summed E-state index contributed by atoms with van der Waals surface area (Å²) in [6, 6.07) is 8.41. The van der Waals surface area contributed by atoms with E-state index in [-0.39, 0.29) is 11.9 Å². The van der Waals surface area contributed by atoms with Crippen LogP contribution in [0, 0.1) is 0 Å². The van der Waals surface area contributed by atoms with Crippen molar-refractivity contribution in [1.82, 2.24) is 9.78 Å². The van der Waals surface area contributed by atoms with Crippen molar-refractivity contribution in [1.29, 1.82) is 0 Å². The molecular formula is C16H20N4O. The van der Waals surface area contributed by atoms with Crippen LogP contribution < -0.4 is 10.2 Å². The molecule has 0 bridgehead atoms. The monoisotopic (exact) mass is 284 g/mol. The topological polar surface area (TPSA) is 50.2 Å². The fourth-order valence-electron chi connectivity index (χ4n) is 2.95. The molecule has 0 saturated heterocycles. The van der Waals surface area contributed by atoms with Gasteiger partial charge in [0.2, 0.25) is 5.91 Å². The molecule has 1 atom stereocenters. The summed E-state index contributed by atoms with van der Waals surface area (Å²) in [5, 5.41) is 7.69. The molecule has 0 radical (unpaired) electrons. The molecule has 1 aromatic carbocycles.